The lowest BCUT2D eigenvalue weighted by atomic mass is 10.1. The molecule has 2 heterocycles. The Morgan fingerprint density at radius 2 is 1.67 bits per heavy atom. The predicted octanol–water partition coefficient (Wildman–Crippen LogP) is 5.89. The lowest BCUT2D eigenvalue weighted by Crippen LogP contribution is -2.40. The number of aromatic nitrogens is 1. The maximum absolute atomic E-state index is 13.5. The van der Waals surface area contributed by atoms with Crippen LogP contribution in [-0.2, 0) is 20.7 Å². The summed E-state index contributed by atoms with van der Waals surface area (Å²) in [6.07, 6.45) is -0.0131. The van der Waals surface area contributed by atoms with Gasteiger partial charge in [-0.25, -0.2) is 0 Å². The van der Waals surface area contributed by atoms with Crippen LogP contribution in [0.5, 0.6) is 11.5 Å². The van der Waals surface area contributed by atoms with E-state index in [4.69, 9.17) is 30.5 Å². The highest BCUT2D eigenvalue weighted by molar-refractivity contribution is 6.30. The minimum absolute atomic E-state index is 0. The third-order valence-corrected chi connectivity index (χ3v) is 7.72. The molecule has 0 spiro atoms. The highest BCUT2D eigenvalue weighted by atomic mass is 35.5. The molecule has 1 aliphatic heterocycles. The zero-order chi connectivity index (χ0) is 28.9. The summed E-state index contributed by atoms with van der Waals surface area (Å²) < 4.78 is 23.9. The Bertz CT molecular complexity index is 1540. The minimum Gasteiger partial charge on any atom is -0.497 e. The van der Waals surface area contributed by atoms with E-state index in [1.807, 2.05) is 43.3 Å². The Labute approximate surface area is 256 Å². The molecule has 5 rings (SSSR count). The second-order valence-electron chi connectivity index (χ2n) is 9.92. The summed E-state index contributed by atoms with van der Waals surface area (Å²) in [5, 5.41) is 1.33. The molecule has 222 valence electrons. The van der Waals surface area contributed by atoms with E-state index < -0.39 is 0 Å². The molecule has 1 unspecified atom stereocenters. The zero-order valence-corrected chi connectivity index (χ0v) is 25.4. The van der Waals surface area contributed by atoms with Crippen molar-refractivity contribution in [3.05, 3.63) is 94.1 Å². The van der Waals surface area contributed by atoms with Gasteiger partial charge in [-0.15, -0.1) is 12.4 Å². The van der Waals surface area contributed by atoms with Crippen LogP contribution in [0.4, 0.5) is 0 Å². The normalized spacial score (nSPS) is 15.2. The molecule has 1 aromatic heterocycles. The molecule has 0 aliphatic carbocycles. The first-order valence-corrected chi connectivity index (χ1v) is 13.9. The van der Waals surface area contributed by atoms with Crippen LogP contribution < -0.4 is 9.47 Å². The van der Waals surface area contributed by atoms with E-state index in [2.05, 4.69) is 4.90 Å². The Kier molecular flexibility index (Phi) is 10.5. The van der Waals surface area contributed by atoms with E-state index in [0.717, 1.165) is 28.8 Å². The Balaban J connectivity index is 0.00000405. The van der Waals surface area contributed by atoms with Crippen molar-refractivity contribution in [3.63, 3.8) is 0 Å². The minimum atomic E-state index is -0.353. The maximum atomic E-state index is 13.5. The van der Waals surface area contributed by atoms with Gasteiger partial charge in [0.05, 0.1) is 38.9 Å². The highest BCUT2D eigenvalue weighted by Crippen LogP contribution is 2.31. The topological polar surface area (TPSA) is 79.2 Å². The van der Waals surface area contributed by atoms with Crippen molar-refractivity contribution in [3.8, 4) is 11.5 Å². The molecule has 8 nitrogen and oxygen atoms in total. The van der Waals surface area contributed by atoms with Gasteiger partial charge in [-0.1, -0.05) is 23.7 Å². The first-order chi connectivity index (χ1) is 19.9. The average molecular weight is 614 g/mol. The molecule has 0 N–H and O–H groups in total. The summed E-state index contributed by atoms with van der Waals surface area (Å²) >= 11 is 6.02. The second-order valence-corrected chi connectivity index (χ2v) is 10.4. The summed E-state index contributed by atoms with van der Waals surface area (Å²) in [5.41, 5.74) is 3.70. The van der Waals surface area contributed by atoms with Gasteiger partial charge >= 0.3 is 5.97 Å². The van der Waals surface area contributed by atoms with Crippen LogP contribution in [0.3, 0.4) is 0 Å². The Morgan fingerprint density at radius 3 is 2.36 bits per heavy atom. The third-order valence-electron chi connectivity index (χ3n) is 7.47. The fourth-order valence-electron chi connectivity index (χ4n) is 5.21. The number of methoxy groups -OCH3 is 2. The summed E-state index contributed by atoms with van der Waals surface area (Å²) in [6.45, 7) is 4.79. The molecule has 4 aromatic rings. The van der Waals surface area contributed by atoms with Crippen molar-refractivity contribution < 1.29 is 28.5 Å². The first kappa shape index (κ1) is 31.4. The van der Waals surface area contributed by atoms with Crippen molar-refractivity contribution in [1.29, 1.82) is 0 Å². The number of carbonyl (C=O) groups excluding carboxylic acids is 2. The fraction of sp³-hybridized carbons (Fsp3) is 0.312. The third kappa shape index (κ3) is 6.90. The van der Waals surface area contributed by atoms with Crippen molar-refractivity contribution in [2.45, 2.75) is 19.4 Å². The zero-order valence-electron chi connectivity index (χ0n) is 23.8. The molecular formula is C32H34Cl2N2O6. The fourth-order valence-corrected chi connectivity index (χ4v) is 5.33. The summed E-state index contributed by atoms with van der Waals surface area (Å²) in [6, 6.07) is 20.1. The monoisotopic (exact) mass is 612 g/mol. The number of morpholine rings is 1. The SMILES string of the molecule is COc1ccc(C2CN(CCOC(=O)Cc3c(C)n(C(=O)c4ccc(Cl)cc4)c4ccc(OC)cc34)CCO2)cc1.Cl. The van der Waals surface area contributed by atoms with Gasteiger partial charge < -0.3 is 18.9 Å². The van der Waals surface area contributed by atoms with Gasteiger partial charge in [0.2, 0.25) is 0 Å². The summed E-state index contributed by atoms with van der Waals surface area (Å²) in [5.74, 6) is 0.892. The van der Waals surface area contributed by atoms with Gasteiger partial charge in [0.25, 0.3) is 5.91 Å². The van der Waals surface area contributed by atoms with Crippen LogP contribution in [0.25, 0.3) is 10.9 Å². The van der Waals surface area contributed by atoms with Crippen LogP contribution in [0.15, 0.2) is 66.7 Å². The number of ether oxygens (including phenoxy) is 4. The van der Waals surface area contributed by atoms with Gasteiger partial charge in [0.1, 0.15) is 18.1 Å². The molecule has 0 bridgehead atoms. The average Bonchev–Trinajstić information content (AvgIpc) is 3.27. The van der Waals surface area contributed by atoms with Crippen molar-refractivity contribution in [1.82, 2.24) is 9.47 Å². The lowest BCUT2D eigenvalue weighted by Gasteiger charge is -2.33. The highest BCUT2D eigenvalue weighted by Gasteiger charge is 2.24. The maximum Gasteiger partial charge on any atom is 0.310 e. The van der Waals surface area contributed by atoms with E-state index >= 15 is 0 Å². The van der Waals surface area contributed by atoms with Gasteiger partial charge in [-0.2, -0.15) is 0 Å². The molecule has 0 saturated carbocycles. The number of fused-ring (bicyclic) bond motifs is 1. The standard InChI is InChI=1S/C32H33ClN2O6.ClH/c1-21-27(28-18-26(39-3)12-13-29(28)35(21)32(37)23-4-8-24(33)9-5-23)19-31(36)41-17-15-34-14-16-40-30(20-34)22-6-10-25(38-2)11-7-22;/h4-13,18,30H,14-17,19-20H2,1-3H3;1H. The molecular weight excluding hydrogens is 579 g/mol. The van der Waals surface area contributed by atoms with E-state index in [-0.39, 0.29) is 43.4 Å². The molecule has 1 aliphatic rings. The molecule has 0 amide bonds. The number of hydrogen-bond donors (Lipinski definition) is 0. The van der Waals surface area contributed by atoms with Crippen LogP contribution in [0.2, 0.25) is 5.02 Å². The number of nitrogens with zero attached hydrogens (tertiary/aromatic N) is 2. The van der Waals surface area contributed by atoms with E-state index in [9.17, 15) is 9.59 Å². The smallest absolute Gasteiger partial charge is 0.310 e. The molecule has 1 saturated heterocycles. The number of carbonyl (C=O) groups is 2. The van der Waals surface area contributed by atoms with Crippen LogP contribution in [0.1, 0.15) is 33.3 Å². The summed E-state index contributed by atoms with van der Waals surface area (Å²) in [4.78, 5) is 28.8. The van der Waals surface area contributed by atoms with Crippen molar-refractivity contribution in [2.75, 3.05) is 47.1 Å². The molecule has 1 atom stereocenters. The molecule has 3 aromatic carbocycles. The number of hydrogen-bond acceptors (Lipinski definition) is 7. The Morgan fingerprint density at radius 1 is 0.976 bits per heavy atom. The van der Waals surface area contributed by atoms with Gasteiger partial charge in [-0.05, 0) is 72.6 Å². The van der Waals surface area contributed by atoms with Gasteiger partial charge in [-0.3, -0.25) is 19.1 Å². The number of halogens is 2. The molecule has 10 heteroatoms. The number of rotatable bonds is 9. The van der Waals surface area contributed by atoms with Crippen LogP contribution >= 0.6 is 24.0 Å². The molecule has 42 heavy (non-hydrogen) atoms. The first-order valence-electron chi connectivity index (χ1n) is 13.5. The molecule has 1 fully saturated rings. The predicted molar refractivity (Wildman–Crippen MR) is 164 cm³/mol. The van der Waals surface area contributed by atoms with Gasteiger partial charge in [0, 0.05) is 41.3 Å². The lowest BCUT2D eigenvalue weighted by molar-refractivity contribution is -0.143. The van der Waals surface area contributed by atoms with Crippen molar-refractivity contribution >= 4 is 46.8 Å². The van der Waals surface area contributed by atoms with Crippen molar-refractivity contribution in [2.24, 2.45) is 0 Å². The van der Waals surface area contributed by atoms with E-state index in [1.54, 1.807) is 49.1 Å². The quantitative estimate of drug-likeness (QED) is 0.218. The van der Waals surface area contributed by atoms with E-state index in [0.29, 0.717) is 47.2 Å². The number of benzene rings is 3. The van der Waals surface area contributed by atoms with E-state index in [1.165, 1.54) is 0 Å². The Hall–Kier alpha value is -3.56. The van der Waals surface area contributed by atoms with Crippen LogP contribution in [0, 0.1) is 6.92 Å². The second kappa shape index (κ2) is 14.1. The molecule has 0 radical (unpaired) electrons. The van der Waals surface area contributed by atoms with Crippen LogP contribution in [-0.4, -0.2) is 68.4 Å². The van der Waals surface area contributed by atoms with Gasteiger partial charge in [0.15, 0.2) is 0 Å². The number of esters is 1. The summed E-state index contributed by atoms with van der Waals surface area (Å²) in [7, 11) is 3.23. The largest absolute Gasteiger partial charge is 0.497 e.